The molecule has 0 unspecified atom stereocenters. The summed E-state index contributed by atoms with van der Waals surface area (Å²) in [4.78, 5) is 0. The van der Waals surface area contributed by atoms with Crippen LogP contribution in [0.1, 0.15) is 72.9 Å². The maximum Gasteiger partial charge on any atom is -0.0279 e. The molecule has 0 saturated heterocycles. The van der Waals surface area contributed by atoms with Crippen LogP contribution in [0.4, 0.5) is 0 Å². The molecule has 0 nitrogen and oxygen atoms in total. The Morgan fingerprint density at radius 2 is 0.632 bits per heavy atom. The average Bonchev–Trinajstić information content (AvgIpc) is 2.96. The van der Waals surface area contributed by atoms with Gasteiger partial charge in [-0.25, -0.2) is 0 Å². The van der Waals surface area contributed by atoms with Gasteiger partial charge in [0.05, 0.1) is 0 Å². The molecule has 8 rings (SSSR count). The van der Waals surface area contributed by atoms with E-state index in [9.17, 15) is 0 Å². The Morgan fingerprint density at radius 1 is 0.395 bits per heavy atom. The third-order valence-corrected chi connectivity index (χ3v) is 7.27. The lowest BCUT2D eigenvalue weighted by Crippen LogP contribution is -2.02. The minimum Gasteiger partial charge on any atom is -0.0918 e. The normalized spacial score (nSPS) is 13.1. The highest BCUT2D eigenvalue weighted by atomic mass is 14.1. The molecule has 0 N–H and O–H groups in total. The van der Waals surface area contributed by atoms with Crippen molar-refractivity contribution < 1.29 is 0 Å². The first-order valence-corrected chi connectivity index (χ1v) is 14.5. The maximum absolute atomic E-state index is 3.73. The molecule has 0 amide bonds. The van der Waals surface area contributed by atoms with Crippen molar-refractivity contribution in [1.82, 2.24) is 0 Å². The third kappa shape index (κ3) is 10.9. The monoisotopic (exact) mass is 502 g/mol. The van der Waals surface area contributed by atoms with E-state index in [1.807, 2.05) is 24.3 Å². The van der Waals surface area contributed by atoms with Gasteiger partial charge in [-0.1, -0.05) is 124 Å². The van der Waals surface area contributed by atoms with Gasteiger partial charge in [0.1, 0.15) is 0 Å². The van der Waals surface area contributed by atoms with E-state index in [4.69, 9.17) is 0 Å². The lowest BCUT2D eigenvalue weighted by Gasteiger charge is -2.08. The van der Waals surface area contributed by atoms with Gasteiger partial charge < -0.3 is 0 Å². The van der Waals surface area contributed by atoms with Crippen molar-refractivity contribution in [3.8, 4) is 0 Å². The first-order chi connectivity index (χ1) is 18.6. The molecule has 0 atom stereocenters. The highest BCUT2D eigenvalue weighted by Gasteiger charge is 2.01. The number of hydrogen-bond donors (Lipinski definition) is 0. The third-order valence-electron chi connectivity index (χ3n) is 7.27. The standard InChI is InChI=1S/C20H24.C10H14.C8H8/c1-2-6-18-13-15-20(16-14-18)8-4-3-7-19-11-9-17(5-1)10-12-19;1-3-9-5-7-10(4-2)8-6-9;1-7-3-5-8(2)6-4-7/h9-16H,1-8H2;5-8H,3-4H2,1-2H3;3-6H,1-2H2. The summed E-state index contributed by atoms with van der Waals surface area (Å²) in [5, 5.41) is 2.08. The molecule has 0 radical (unpaired) electrons. The van der Waals surface area contributed by atoms with Crippen LogP contribution in [0.3, 0.4) is 0 Å². The Bertz CT molecular complexity index is 1100. The fraction of sp³-hybridized carbons (Fsp3) is 0.316. The maximum atomic E-state index is 3.73. The quantitative estimate of drug-likeness (QED) is 0.258. The van der Waals surface area contributed by atoms with Crippen molar-refractivity contribution in [2.75, 3.05) is 0 Å². The van der Waals surface area contributed by atoms with Crippen molar-refractivity contribution in [2.24, 2.45) is 0 Å². The Balaban J connectivity index is 0.000000185. The van der Waals surface area contributed by atoms with Crippen LogP contribution in [0.25, 0.3) is 13.2 Å². The predicted molar refractivity (Wildman–Crippen MR) is 168 cm³/mol. The molecule has 0 heterocycles. The van der Waals surface area contributed by atoms with Crippen LogP contribution >= 0.6 is 0 Å². The van der Waals surface area contributed by atoms with Gasteiger partial charge in [-0.3, -0.25) is 0 Å². The minimum atomic E-state index is 1.04. The zero-order chi connectivity index (χ0) is 27.0. The van der Waals surface area contributed by atoms with E-state index in [2.05, 4.69) is 99.8 Å². The fourth-order valence-corrected chi connectivity index (χ4v) is 4.61. The van der Waals surface area contributed by atoms with Crippen LogP contribution in [0, 0.1) is 0 Å². The van der Waals surface area contributed by atoms with Crippen molar-refractivity contribution in [2.45, 2.75) is 78.1 Å². The zero-order valence-electron chi connectivity index (χ0n) is 23.7. The molecule has 198 valence electrons. The molecule has 0 fully saturated rings. The second-order valence-corrected chi connectivity index (χ2v) is 10.4. The Labute approximate surface area is 231 Å². The molecule has 0 spiro atoms. The number of aryl methyl sites for hydroxylation is 6. The van der Waals surface area contributed by atoms with Gasteiger partial charge in [-0.05, 0) is 108 Å². The first-order valence-electron chi connectivity index (χ1n) is 14.5. The summed E-state index contributed by atoms with van der Waals surface area (Å²) in [6.07, 6.45) is 12.3. The fourth-order valence-electron chi connectivity index (χ4n) is 4.61. The molecular formula is C38H46. The Kier molecular flexibility index (Phi) is 12.6. The van der Waals surface area contributed by atoms with E-state index in [1.54, 1.807) is 0 Å². The molecule has 4 aromatic rings. The lowest BCUT2D eigenvalue weighted by atomic mass is 9.98. The number of benzene rings is 4. The molecule has 4 aliphatic carbocycles. The molecule has 0 heteroatoms. The van der Waals surface area contributed by atoms with Crippen LogP contribution in [0.2, 0.25) is 0 Å². The van der Waals surface area contributed by atoms with Gasteiger partial charge in [0.15, 0.2) is 0 Å². The van der Waals surface area contributed by atoms with E-state index in [0.29, 0.717) is 0 Å². The number of hydrogen-bond acceptors (Lipinski definition) is 0. The zero-order valence-corrected chi connectivity index (χ0v) is 23.7. The Hall–Kier alpha value is -3.38. The number of rotatable bonds is 2. The average molecular weight is 503 g/mol. The van der Waals surface area contributed by atoms with Gasteiger partial charge in [0.25, 0.3) is 0 Å². The first kappa shape index (κ1) is 29.2. The van der Waals surface area contributed by atoms with Crippen LogP contribution < -0.4 is 10.4 Å². The molecule has 38 heavy (non-hydrogen) atoms. The highest BCUT2D eigenvalue weighted by Crippen LogP contribution is 2.15. The molecule has 4 aliphatic rings. The highest BCUT2D eigenvalue weighted by molar-refractivity contribution is 5.25. The summed E-state index contributed by atoms with van der Waals surface area (Å²) in [6, 6.07) is 35.2. The van der Waals surface area contributed by atoms with Gasteiger partial charge in [0, 0.05) is 0 Å². The van der Waals surface area contributed by atoms with E-state index in [1.165, 1.54) is 84.7 Å². The molecule has 4 aromatic carbocycles. The topological polar surface area (TPSA) is 0 Å². The molecular weight excluding hydrogens is 456 g/mol. The molecule has 0 saturated carbocycles. The van der Waals surface area contributed by atoms with Gasteiger partial charge in [-0.15, -0.1) is 0 Å². The van der Waals surface area contributed by atoms with Crippen molar-refractivity contribution in [3.63, 3.8) is 0 Å². The van der Waals surface area contributed by atoms with E-state index >= 15 is 0 Å². The summed E-state index contributed by atoms with van der Waals surface area (Å²) in [6.45, 7) is 11.8. The summed E-state index contributed by atoms with van der Waals surface area (Å²) >= 11 is 0. The summed E-state index contributed by atoms with van der Waals surface area (Å²) in [7, 11) is 0. The second kappa shape index (κ2) is 16.5. The van der Waals surface area contributed by atoms with Crippen molar-refractivity contribution >= 4 is 13.2 Å². The van der Waals surface area contributed by atoms with E-state index in [0.717, 1.165) is 23.3 Å². The van der Waals surface area contributed by atoms with Crippen molar-refractivity contribution in [3.05, 3.63) is 141 Å². The van der Waals surface area contributed by atoms with Crippen LogP contribution in [0.15, 0.2) is 97.1 Å². The largest absolute Gasteiger partial charge is 0.0918 e. The summed E-state index contributed by atoms with van der Waals surface area (Å²) < 4.78 is 0. The van der Waals surface area contributed by atoms with Crippen LogP contribution in [-0.2, 0) is 38.5 Å². The second-order valence-electron chi connectivity index (χ2n) is 10.4. The van der Waals surface area contributed by atoms with Gasteiger partial charge in [0.2, 0.25) is 0 Å². The predicted octanol–water partition coefficient (Wildman–Crippen LogP) is 8.45. The smallest absolute Gasteiger partial charge is 0.0279 e. The van der Waals surface area contributed by atoms with Gasteiger partial charge in [-0.2, -0.15) is 0 Å². The van der Waals surface area contributed by atoms with Gasteiger partial charge >= 0.3 is 0 Å². The Morgan fingerprint density at radius 3 is 0.842 bits per heavy atom. The van der Waals surface area contributed by atoms with Crippen LogP contribution in [-0.4, -0.2) is 0 Å². The van der Waals surface area contributed by atoms with Crippen LogP contribution in [0.5, 0.6) is 0 Å². The molecule has 0 aromatic heterocycles. The molecule has 4 bridgehead atoms. The van der Waals surface area contributed by atoms with Crippen molar-refractivity contribution in [1.29, 1.82) is 0 Å². The summed E-state index contributed by atoms with van der Waals surface area (Å²) in [5.41, 5.74) is 8.84. The molecule has 0 aliphatic heterocycles. The lowest BCUT2D eigenvalue weighted by molar-refractivity contribution is 0.722. The SMILES string of the molecule is C=c1ccc(=C)cc1.CCc1ccc(CC)cc1.c1cc2ccc1CCCCc1ccc(cc1)CCCC2. The van der Waals surface area contributed by atoms with E-state index < -0.39 is 0 Å². The summed E-state index contributed by atoms with van der Waals surface area (Å²) in [5.74, 6) is 0. The minimum absolute atomic E-state index is 1.04. The van der Waals surface area contributed by atoms with E-state index in [-0.39, 0.29) is 0 Å².